The largest absolute Gasteiger partial charge is 0.394 e. The van der Waals surface area contributed by atoms with Gasteiger partial charge in [0.25, 0.3) is 0 Å². The Bertz CT molecular complexity index is 744. The minimum Gasteiger partial charge on any atom is -0.394 e. The predicted molar refractivity (Wildman–Crippen MR) is 253 cm³/mol. The van der Waals surface area contributed by atoms with E-state index in [1.54, 1.807) is 0 Å². The van der Waals surface area contributed by atoms with Crippen LogP contribution in [0.5, 0.6) is 0 Å². The van der Waals surface area contributed by atoms with Gasteiger partial charge in [-0.15, -0.1) is 0 Å². The van der Waals surface area contributed by atoms with E-state index < -0.39 is 12.1 Å². The topological polar surface area (TPSA) is 69.6 Å². The fourth-order valence-corrected chi connectivity index (χ4v) is 8.78. The van der Waals surface area contributed by atoms with Gasteiger partial charge in [0.05, 0.1) is 18.8 Å². The molecule has 0 rings (SSSR count). The quantitative estimate of drug-likeness (QED) is 0.0536. The van der Waals surface area contributed by atoms with E-state index in [4.69, 9.17) is 0 Å². The second kappa shape index (κ2) is 49.8. The molecule has 1 amide bonds. The van der Waals surface area contributed by atoms with Crippen LogP contribution in [-0.4, -0.2) is 34.9 Å². The first-order chi connectivity index (χ1) is 28.2. The van der Waals surface area contributed by atoms with E-state index in [1.165, 1.54) is 263 Å². The van der Waals surface area contributed by atoms with Crippen molar-refractivity contribution >= 4 is 5.91 Å². The van der Waals surface area contributed by atoms with Crippen LogP contribution in [0.25, 0.3) is 0 Å². The summed E-state index contributed by atoms with van der Waals surface area (Å²) < 4.78 is 0. The Hall–Kier alpha value is -0.610. The number of nitrogens with one attached hydrogen (secondary N) is 1. The lowest BCUT2D eigenvalue weighted by Gasteiger charge is -2.22. The zero-order valence-corrected chi connectivity index (χ0v) is 39.4. The summed E-state index contributed by atoms with van der Waals surface area (Å²) in [5, 5.41) is 23.3. The van der Waals surface area contributed by atoms with Crippen molar-refractivity contribution in [1.29, 1.82) is 0 Å². The molecule has 0 aromatic carbocycles. The van der Waals surface area contributed by atoms with Crippen LogP contribution in [-0.2, 0) is 4.79 Å². The summed E-state index contributed by atoms with van der Waals surface area (Å²) in [4.78, 5) is 12.5. The molecular weight excluding hydrogens is 699 g/mol. The maximum atomic E-state index is 12.5. The number of unbranched alkanes of at least 4 members (excludes halogenated alkanes) is 43. The maximum absolute atomic E-state index is 12.5. The highest BCUT2D eigenvalue weighted by Crippen LogP contribution is 2.18. The Morgan fingerprint density at radius 3 is 0.789 bits per heavy atom. The molecule has 0 heterocycles. The molecule has 0 aromatic rings. The summed E-state index contributed by atoms with van der Waals surface area (Å²) in [6.45, 7) is 4.40. The van der Waals surface area contributed by atoms with Gasteiger partial charge in [0, 0.05) is 6.42 Å². The Labute approximate surface area is 359 Å². The minimum atomic E-state index is -0.654. The molecule has 0 bridgehead atoms. The summed E-state index contributed by atoms with van der Waals surface area (Å²) in [5.41, 5.74) is 0. The fraction of sp³-hybridized carbons (Fsp3) is 0.981. The molecule has 0 spiro atoms. The average molecular weight is 806 g/mol. The Morgan fingerprint density at radius 1 is 0.351 bits per heavy atom. The average Bonchev–Trinajstić information content (AvgIpc) is 3.22. The van der Waals surface area contributed by atoms with Gasteiger partial charge < -0.3 is 15.5 Å². The van der Waals surface area contributed by atoms with Crippen molar-refractivity contribution in [2.75, 3.05) is 6.61 Å². The summed E-state index contributed by atoms with van der Waals surface area (Å²) in [6, 6.07) is -0.531. The highest BCUT2D eigenvalue weighted by atomic mass is 16.3. The molecule has 0 aliphatic carbocycles. The van der Waals surface area contributed by atoms with E-state index in [9.17, 15) is 15.0 Å². The molecule has 342 valence electrons. The number of aliphatic hydroxyl groups is 2. The second-order valence-corrected chi connectivity index (χ2v) is 18.7. The van der Waals surface area contributed by atoms with Crippen LogP contribution < -0.4 is 5.32 Å². The maximum Gasteiger partial charge on any atom is 0.220 e. The zero-order valence-electron chi connectivity index (χ0n) is 39.4. The molecule has 3 N–H and O–H groups in total. The SMILES string of the molecule is CCCCCCCCCCCCCCCCCCCCCCCCCCC(=O)NC(CO)C(O)CCCCCCCCCCCCCCCCCCCCCCC. The molecule has 0 saturated heterocycles. The Kier molecular flexibility index (Phi) is 49.2. The highest BCUT2D eigenvalue weighted by Gasteiger charge is 2.20. The third kappa shape index (κ3) is 46.3. The fourth-order valence-electron chi connectivity index (χ4n) is 8.78. The smallest absolute Gasteiger partial charge is 0.220 e. The van der Waals surface area contributed by atoms with Crippen molar-refractivity contribution in [3.8, 4) is 0 Å². The third-order valence-corrected chi connectivity index (χ3v) is 12.9. The predicted octanol–water partition coefficient (Wildman–Crippen LogP) is 17.2. The van der Waals surface area contributed by atoms with Crippen LogP contribution in [0.2, 0.25) is 0 Å². The van der Waals surface area contributed by atoms with Crippen molar-refractivity contribution in [3.05, 3.63) is 0 Å². The lowest BCUT2D eigenvalue weighted by atomic mass is 10.0. The summed E-state index contributed by atoms with van der Waals surface area (Å²) in [7, 11) is 0. The molecule has 0 saturated carbocycles. The number of aliphatic hydroxyl groups excluding tert-OH is 2. The van der Waals surface area contributed by atoms with E-state index >= 15 is 0 Å². The van der Waals surface area contributed by atoms with E-state index in [0.29, 0.717) is 12.8 Å². The van der Waals surface area contributed by atoms with Gasteiger partial charge in [-0.05, 0) is 12.8 Å². The molecule has 4 nitrogen and oxygen atoms in total. The van der Waals surface area contributed by atoms with Gasteiger partial charge in [-0.1, -0.05) is 296 Å². The number of carbonyl (C=O) groups excluding carboxylic acids is 1. The van der Waals surface area contributed by atoms with Crippen molar-refractivity contribution in [2.24, 2.45) is 0 Å². The molecule has 4 heteroatoms. The van der Waals surface area contributed by atoms with Crippen molar-refractivity contribution < 1.29 is 15.0 Å². The zero-order chi connectivity index (χ0) is 41.4. The van der Waals surface area contributed by atoms with Crippen LogP contribution >= 0.6 is 0 Å². The molecular formula is C53H107NO3. The van der Waals surface area contributed by atoms with E-state index in [2.05, 4.69) is 19.2 Å². The number of rotatable bonds is 50. The van der Waals surface area contributed by atoms with Gasteiger partial charge in [0.2, 0.25) is 5.91 Å². The monoisotopic (exact) mass is 806 g/mol. The number of amides is 1. The van der Waals surface area contributed by atoms with Crippen molar-refractivity contribution in [3.63, 3.8) is 0 Å². The van der Waals surface area contributed by atoms with Crippen LogP contribution in [0.1, 0.15) is 316 Å². The molecule has 2 atom stereocenters. The van der Waals surface area contributed by atoms with E-state index in [1.807, 2.05) is 0 Å². The normalized spacial score (nSPS) is 12.7. The Morgan fingerprint density at radius 2 is 0.561 bits per heavy atom. The first-order valence-electron chi connectivity index (χ1n) is 26.7. The molecule has 57 heavy (non-hydrogen) atoms. The third-order valence-electron chi connectivity index (χ3n) is 12.9. The molecule has 0 aliphatic heterocycles. The first-order valence-corrected chi connectivity index (χ1v) is 26.7. The lowest BCUT2D eigenvalue weighted by Crippen LogP contribution is -2.45. The standard InChI is InChI=1S/C53H107NO3/c1-3-5-7-9-11-13-15-17-19-21-23-25-26-27-29-31-33-35-37-39-41-43-45-47-49-53(57)54-51(50-55)52(56)48-46-44-42-40-38-36-34-32-30-28-24-22-20-18-16-14-12-10-8-6-4-2/h51-52,55-56H,3-50H2,1-2H3,(H,54,57). The minimum absolute atomic E-state index is 0.0225. The van der Waals surface area contributed by atoms with Crippen LogP contribution in [0.3, 0.4) is 0 Å². The van der Waals surface area contributed by atoms with Gasteiger partial charge in [-0.3, -0.25) is 4.79 Å². The van der Waals surface area contributed by atoms with Crippen LogP contribution in [0, 0.1) is 0 Å². The first kappa shape index (κ1) is 56.4. The molecule has 0 aliphatic rings. The van der Waals surface area contributed by atoms with Gasteiger partial charge in [0.15, 0.2) is 0 Å². The van der Waals surface area contributed by atoms with Crippen LogP contribution in [0.15, 0.2) is 0 Å². The van der Waals surface area contributed by atoms with Gasteiger partial charge in [0.1, 0.15) is 0 Å². The molecule has 0 radical (unpaired) electrons. The summed E-state index contributed by atoms with van der Waals surface area (Å²) in [6.07, 6.45) is 62.2. The molecule has 0 aromatic heterocycles. The second-order valence-electron chi connectivity index (χ2n) is 18.7. The van der Waals surface area contributed by atoms with Crippen LogP contribution in [0.4, 0.5) is 0 Å². The summed E-state index contributed by atoms with van der Waals surface area (Å²) >= 11 is 0. The number of hydrogen-bond acceptors (Lipinski definition) is 3. The molecule has 0 fully saturated rings. The lowest BCUT2D eigenvalue weighted by molar-refractivity contribution is -0.123. The highest BCUT2D eigenvalue weighted by molar-refractivity contribution is 5.76. The summed E-state index contributed by atoms with van der Waals surface area (Å²) in [5.74, 6) is -0.0225. The van der Waals surface area contributed by atoms with Crippen molar-refractivity contribution in [1.82, 2.24) is 5.32 Å². The number of hydrogen-bond donors (Lipinski definition) is 3. The number of carbonyl (C=O) groups is 1. The van der Waals surface area contributed by atoms with Gasteiger partial charge in [-0.2, -0.15) is 0 Å². The van der Waals surface area contributed by atoms with Gasteiger partial charge in [-0.25, -0.2) is 0 Å². The Balaban J connectivity index is 3.41. The van der Waals surface area contributed by atoms with Crippen molar-refractivity contribution in [2.45, 2.75) is 328 Å². The van der Waals surface area contributed by atoms with E-state index in [0.717, 1.165) is 25.7 Å². The van der Waals surface area contributed by atoms with Gasteiger partial charge >= 0.3 is 0 Å². The van der Waals surface area contributed by atoms with E-state index in [-0.39, 0.29) is 12.5 Å². The molecule has 2 unspecified atom stereocenters.